The zero-order valence-corrected chi connectivity index (χ0v) is 13.4. The van der Waals surface area contributed by atoms with Gasteiger partial charge in [-0.1, -0.05) is 60.7 Å². The van der Waals surface area contributed by atoms with E-state index in [1.165, 1.54) is 0 Å². The van der Waals surface area contributed by atoms with Crippen molar-refractivity contribution in [1.29, 1.82) is 0 Å². The molecular weight excluding hydrogens is 308 g/mol. The van der Waals surface area contributed by atoms with Crippen molar-refractivity contribution >= 4 is 34.8 Å². The van der Waals surface area contributed by atoms with Crippen LogP contribution in [0.1, 0.15) is 5.56 Å². The average Bonchev–Trinajstić information content (AvgIpc) is 2.55. The van der Waals surface area contributed by atoms with E-state index < -0.39 is 6.04 Å². The molecule has 3 aromatic rings. The maximum absolute atomic E-state index is 12.2. The van der Waals surface area contributed by atoms with E-state index in [2.05, 4.69) is 5.32 Å². The van der Waals surface area contributed by atoms with Crippen molar-refractivity contribution in [3.8, 4) is 0 Å². The van der Waals surface area contributed by atoms with Gasteiger partial charge in [-0.3, -0.25) is 4.79 Å². The summed E-state index contributed by atoms with van der Waals surface area (Å²) >= 11 is 0. The molecule has 0 radical (unpaired) electrons. The van der Waals surface area contributed by atoms with Gasteiger partial charge in [-0.25, -0.2) is 0 Å². The Morgan fingerprint density at radius 1 is 0.913 bits per heavy atom. The van der Waals surface area contributed by atoms with Crippen molar-refractivity contribution in [2.24, 2.45) is 5.73 Å². The molecule has 4 heteroatoms. The van der Waals surface area contributed by atoms with Gasteiger partial charge < -0.3 is 11.1 Å². The van der Waals surface area contributed by atoms with Crippen LogP contribution in [0.5, 0.6) is 0 Å². The van der Waals surface area contributed by atoms with Crippen molar-refractivity contribution < 1.29 is 4.79 Å². The van der Waals surface area contributed by atoms with Crippen molar-refractivity contribution in [3.05, 3.63) is 78.4 Å². The van der Waals surface area contributed by atoms with Crippen molar-refractivity contribution in [3.63, 3.8) is 0 Å². The van der Waals surface area contributed by atoms with Crippen LogP contribution in [-0.2, 0) is 11.2 Å². The number of carbonyl (C=O) groups is 1. The van der Waals surface area contributed by atoms with Crippen LogP contribution in [0.25, 0.3) is 10.8 Å². The molecule has 118 valence electrons. The number of halogens is 1. The lowest BCUT2D eigenvalue weighted by Crippen LogP contribution is -2.37. The number of nitrogens with one attached hydrogen (secondary N) is 1. The van der Waals surface area contributed by atoms with E-state index in [9.17, 15) is 4.79 Å². The second-order valence-corrected chi connectivity index (χ2v) is 5.35. The van der Waals surface area contributed by atoms with Crippen LogP contribution in [0.4, 0.5) is 5.69 Å². The number of anilines is 1. The highest BCUT2D eigenvalue weighted by Gasteiger charge is 2.14. The first-order chi connectivity index (χ1) is 10.7. The normalized spacial score (nSPS) is 11.5. The highest BCUT2D eigenvalue weighted by molar-refractivity contribution is 5.97. The molecular formula is C19H19ClN2O. The topological polar surface area (TPSA) is 55.1 Å². The molecule has 3 nitrogen and oxygen atoms in total. The van der Waals surface area contributed by atoms with E-state index >= 15 is 0 Å². The molecule has 0 saturated carbocycles. The number of hydrogen-bond acceptors (Lipinski definition) is 2. The van der Waals surface area contributed by atoms with Gasteiger partial charge in [0.2, 0.25) is 5.91 Å². The molecule has 0 aliphatic heterocycles. The van der Waals surface area contributed by atoms with Crippen molar-refractivity contribution in [2.75, 3.05) is 5.32 Å². The fraction of sp³-hybridized carbons (Fsp3) is 0.105. The lowest BCUT2D eigenvalue weighted by Gasteiger charge is -2.13. The molecule has 1 amide bonds. The highest BCUT2D eigenvalue weighted by Crippen LogP contribution is 2.19. The minimum atomic E-state index is -0.561. The first-order valence-electron chi connectivity index (χ1n) is 7.31. The molecule has 0 aliphatic rings. The summed E-state index contributed by atoms with van der Waals surface area (Å²) in [5.41, 5.74) is 7.83. The summed E-state index contributed by atoms with van der Waals surface area (Å²) in [6, 6.07) is 23.1. The van der Waals surface area contributed by atoms with E-state index in [4.69, 9.17) is 5.73 Å². The Hall–Kier alpha value is -2.36. The standard InChI is InChI=1S/C19H18N2O.ClH/c20-18(12-14-6-2-1-3-7-14)19(22)21-17-11-10-15-8-4-5-9-16(15)13-17;/h1-11,13,18H,12,20H2,(H,21,22);1H/t18-;/m0./s1. The van der Waals surface area contributed by atoms with Gasteiger partial charge in [0.05, 0.1) is 6.04 Å². The lowest BCUT2D eigenvalue weighted by molar-refractivity contribution is -0.117. The number of benzene rings is 3. The second kappa shape index (κ2) is 7.77. The van der Waals surface area contributed by atoms with Crippen molar-refractivity contribution in [2.45, 2.75) is 12.5 Å². The summed E-state index contributed by atoms with van der Waals surface area (Å²) in [7, 11) is 0. The highest BCUT2D eigenvalue weighted by atomic mass is 35.5. The van der Waals surface area contributed by atoms with Crippen LogP contribution < -0.4 is 11.1 Å². The third kappa shape index (κ3) is 4.31. The molecule has 3 rings (SSSR count). The maximum atomic E-state index is 12.2. The van der Waals surface area contributed by atoms with Gasteiger partial charge in [-0.05, 0) is 34.9 Å². The predicted molar refractivity (Wildman–Crippen MR) is 97.9 cm³/mol. The quantitative estimate of drug-likeness (QED) is 0.766. The number of rotatable bonds is 4. The van der Waals surface area contributed by atoms with Gasteiger partial charge in [0.25, 0.3) is 0 Å². The molecule has 0 heterocycles. The maximum Gasteiger partial charge on any atom is 0.241 e. The molecule has 3 N–H and O–H groups in total. The van der Waals surface area contributed by atoms with E-state index in [1.54, 1.807) is 0 Å². The number of amides is 1. The number of fused-ring (bicyclic) bond motifs is 1. The molecule has 0 spiro atoms. The van der Waals surface area contributed by atoms with Crippen LogP contribution >= 0.6 is 12.4 Å². The largest absolute Gasteiger partial charge is 0.325 e. The first kappa shape index (κ1) is 17.0. The van der Waals surface area contributed by atoms with Crippen LogP contribution in [0.15, 0.2) is 72.8 Å². The van der Waals surface area contributed by atoms with Crippen LogP contribution in [0.3, 0.4) is 0 Å². The average molecular weight is 327 g/mol. The van der Waals surface area contributed by atoms with Gasteiger partial charge in [0.1, 0.15) is 0 Å². The minimum absolute atomic E-state index is 0. The zero-order valence-electron chi connectivity index (χ0n) is 12.6. The molecule has 0 fully saturated rings. The SMILES string of the molecule is Cl.N[C@@H](Cc1ccccc1)C(=O)Nc1ccc2ccccc2c1. The Labute approximate surface area is 141 Å². The van der Waals surface area contributed by atoms with Crippen LogP contribution in [-0.4, -0.2) is 11.9 Å². The minimum Gasteiger partial charge on any atom is -0.325 e. The summed E-state index contributed by atoms with van der Waals surface area (Å²) < 4.78 is 0. The van der Waals surface area contributed by atoms with Gasteiger partial charge >= 0.3 is 0 Å². The molecule has 0 saturated heterocycles. The Morgan fingerprint density at radius 3 is 2.30 bits per heavy atom. The Bertz CT molecular complexity index is 789. The summed E-state index contributed by atoms with van der Waals surface area (Å²) in [6.07, 6.45) is 0.528. The van der Waals surface area contributed by atoms with E-state index in [0.717, 1.165) is 22.0 Å². The molecule has 3 aromatic carbocycles. The summed E-state index contributed by atoms with van der Waals surface area (Å²) in [4.78, 5) is 12.2. The predicted octanol–water partition coefficient (Wildman–Crippen LogP) is 3.77. The molecule has 0 aromatic heterocycles. The molecule has 23 heavy (non-hydrogen) atoms. The van der Waals surface area contributed by atoms with Gasteiger partial charge in [-0.15, -0.1) is 12.4 Å². The van der Waals surface area contributed by atoms with Gasteiger partial charge in [-0.2, -0.15) is 0 Å². The van der Waals surface area contributed by atoms with E-state index in [0.29, 0.717) is 6.42 Å². The van der Waals surface area contributed by atoms with E-state index in [-0.39, 0.29) is 18.3 Å². The Balaban J connectivity index is 0.00000192. The zero-order chi connectivity index (χ0) is 15.4. The van der Waals surface area contributed by atoms with Crippen molar-refractivity contribution in [1.82, 2.24) is 0 Å². The number of hydrogen-bond donors (Lipinski definition) is 2. The number of nitrogens with two attached hydrogens (primary N) is 1. The molecule has 0 aliphatic carbocycles. The number of carbonyl (C=O) groups excluding carboxylic acids is 1. The Morgan fingerprint density at radius 2 is 1.57 bits per heavy atom. The molecule has 0 unspecified atom stereocenters. The van der Waals surface area contributed by atoms with Crippen LogP contribution in [0, 0.1) is 0 Å². The van der Waals surface area contributed by atoms with Crippen LogP contribution in [0.2, 0.25) is 0 Å². The van der Waals surface area contributed by atoms with E-state index in [1.807, 2.05) is 72.8 Å². The molecule has 1 atom stereocenters. The summed E-state index contributed by atoms with van der Waals surface area (Å²) in [6.45, 7) is 0. The fourth-order valence-corrected chi connectivity index (χ4v) is 2.46. The lowest BCUT2D eigenvalue weighted by atomic mass is 10.1. The third-order valence-corrected chi connectivity index (χ3v) is 3.65. The monoisotopic (exact) mass is 326 g/mol. The Kier molecular flexibility index (Phi) is 5.74. The van der Waals surface area contributed by atoms with Gasteiger partial charge in [0, 0.05) is 5.69 Å². The fourth-order valence-electron chi connectivity index (χ4n) is 2.46. The second-order valence-electron chi connectivity index (χ2n) is 5.35. The summed E-state index contributed by atoms with van der Waals surface area (Å²) in [5, 5.41) is 5.13. The smallest absolute Gasteiger partial charge is 0.241 e. The van der Waals surface area contributed by atoms with Gasteiger partial charge in [0.15, 0.2) is 0 Å². The third-order valence-electron chi connectivity index (χ3n) is 3.65. The summed E-state index contributed by atoms with van der Waals surface area (Å²) in [5.74, 6) is -0.167. The molecule has 0 bridgehead atoms. The first-order valence-corrected chi connectivity index (χ1v) is 7.31.